The maximum absolute atomic E-state index is 5.08. The molecule has 132 heavy (non-hydrogen) atoms. The van der Waals surface area contributed by atoms with Crippen LogP contribution in [0.15, 0.2) is 443 Å². The molecule has 0 aliphatic rings. The van der Waals surface area contributed by atoms with E-state index in [1.54, 1.807) is 0 Å². The van der Waals surface area contributed by atoms with Crippen molar-refractivity contribution in [2.45, 2.75) is 0 Å². The van der Waals surface area contributed by atoms with Crippen molar-refractivity contribution in [3.8, 4) is 114 Å². The van der Waals surface area contributed by atoms with Crippen molar-refractivity contribution in [2.75, 3.05) is 0 Å². The van der Waals surface area contributed by atoms with E-state index in [9.17, 15) is 0 Å². The average molecular weight is 1730 g/mol. The molecule has 27 aromatic rings. The van der Waals surface area contributed by atoms with Crippen LogP contribution in [0.5, 0.6) is 0 Å². The minimum atomic E-state index is 0.619. The molecule has 0 radical (unpaired) electrons. The van der Waals surface area contributed by atoms with Crippen molar-refractivity contribution in [1.82, 2.24) is 63.1 Å². The van der Waals surface area contributed by atoms with Gasteiger partial charge in [-0.15, -0.1) is 22.7 Å². The molecule has 9 aromatic heterocycles. The molecular formula is C117H73N13S2. The van der Waals surface area contributed by atoms with Gasteiger partial charge in [-0.1, -0.05) is 340 Å². The first kappa shape index (κ1) is 77.0. The van der Waals surface area contributed by atoms with Gasteiger partial charge in [-0.2, -0.15) is 9.97 Å². The topological polar surface area (TPSA) is 136 Å². The highest BCUT2D eigenvalue weighted by Crippen LogP contribution is 2.48. The van der Waals surface area contributed by atoms with Crippen LogP contribution >= 0.6 is 22.7 Å². The number of nitrogens with zero attached hydrogens (tertiary/aromatic N) is 13. The quantitative estimate of drug-likeness (QED) is 0.117. The van der Waals surface area contributed by atoms with E-state index in [0.29, 0.717) is 52.5 Å². The lowest BCUT2D eigenvalue weighted by atomic mass is 10.1. The summed E-state index contributed by atoms with van der Waals surface area (Å²) < 4.78 is 14.6. The molecule has 0 N–H and O–H groups in total. The fourth-order valence-electron chi connectivity index (χ4n) is 18.9. The largest absolute Gasteiger partial charge is 0.309 e. The standard InChI is InChI=1S/C45H29N5.C39H24N4S.C33H20N4S/c1-4-14-30(15-5-1)43-46-44(31-16-6-2-7-17-31)48-45(47-43)32-24-26-34(27-25-32)49-39-23-13-11-21-37(39)41-40(49)29-28-36-35-20-10-12-22-38(35)50(42(36)41)33-18-8-3-9-19-33;1-3-11-25(12-4-1)37-40-38(26-13-5-2-6-14-26)42-39(41-37)27-19-21-28(22-20-27)43-33-17-9-7-15-29(33)31-23-24-32-30-16-8-10-18-34(30)44-36(32)35(31)43;1-3-11-21(12-4-1)31-34-32(22-13-5-2-6-14-22)36-33(35-31)37-27-17-9-7-15-23(27)25-19-20-26-24-16-8-10-18-28(24)38-30(26)29(25)37/h1-29H;1-24H;1-20H. The number of para-hydroxylation sites is 5. The molecule has 0 fully saturated rings. The van der Waals surface area contributed by atoms with Crippen LogP contribution in [0.2, 0.25) is 0 Å². The number of fused-ring (bicyclic) bond motifs is 21. The Morgan fingerprint density at radius 2 is 0.402 bits per heavy atom. The Kier molecular flexibility index (Phi) is 19.0. The third-order valence-electron chi connectivity index (χ3n) is 24.9. The SMILES string of the molecule is c1ccc(-c2nc(-c3ccccc3)nc(-c3ccc(-n4c5ccccc5c5c4ccc4c6ccccc6n(-c6ccccc6)c45)cc3)n2)cc1.c1ccc(-c2nc(-c3ccccc3)nc(-c3ccc(-n4c5ccccc5c5ccc6c7ccccc7sc6c54)cc3)n2)cc1.c1ccc(-c2nc(-c3ccccc3)nc(-n3c4ccccc4c4ccc5c6ccccc6sc5c43)n2)cc1. The zero-order valence-electron chi connectivity index (χ0n) is 70.8. The lowest BCUT2D eigenvalue weighted by Gasteiger charge is -2.11. The van der Waals surface area contributed by atoms with Gasteiger partial charge < -0.3 is 13.7 Å². The van der Waals surface area contributed by atoms with Crippen molar-refractivity contribution < 1.29 is 0 Å². The second kappa shape index (κ2) is 32.5. The smallest absolute Gasteiger partial charge is 0.238 e. The zero-order valence-corrected chi connectivity index (χ0v) is 72.4. The van der Waals surface area contributed by atoms with Gasteiger partial charge in [0.25, 0.3) is 0 Å². The number of hydrogen-bond acceptors (Lipinski definition) is 11. The molecule has 0 spiro atoms. The van der Waals surface area contributed by atoms with Gasteiger partial charge in [-0.25, -0.2) is 34.9 Å². The second-order valence-electron chi connectivity index (χ2n) is 32.7. The van der Waals surface area contributed by atoms with E-state index in [1.165, 1.54) is 106 Å². The summed E-state index contributed by atoms with van der Waals surface area (Å²) >= 11 is 3.69. The van der Waals surface area contributed by atoms with Crippen LogP contribution in [-0.2, 0) is 0 Å². The van der Waals surface area contributed by atoms with E-state index in [-0.39, 0.29) is 0 Å². The van der Waals surface area contributed by atoms with Crippen LogP contribution in [0.3, 0.4) is 0 Å². The third-order valence-corrected chi connectivity index (χ3v) is 27.3. The molecule has 27 rings (SSSR count). The maximum atomic E-state index is 5.08. The molecule has 0 saturated heterocycles. The Bertz CT molecular complexity index is 8940. The predicted molar refractivity (Wildman–Crippen MR) is 546 cm³/mol. The molecule has 0 aliphatic carbocycles. The molecule has 18 aromatic carbocycles. The number of thiophene rings is 2. The molecule has 0 aliphatic heterocycles. The molecule has 0 saturated carbocycles. The minimum absolute atomic E-state index is 0.619. The average Bonchev–Trinajstić information content (AvgIpc) is 1.56. The van der Waals surface area contributed by atoms with E-state index in [1.807, 2.05) is 205 Å². The molecule has 0 amide bonds. The van der Waals surface area contributed by atoms with E-state index in [2.05, 4.69) is 279 Å². The molecule has 618 valence electrons. The summed E-state index contributed by atoms with van der Waals surface area (Å²) in [6.07, 6.45) is 0. The summed E-state index contributed by atoms with van der Waals surface area (Å²) in [4.78, 5) is 44.5. The monoisotopic (exact) mass is 1720 g/mol. The Morgan fingerprint density at radius 3 is 0.780 bits per heavy atom. The summed E-state index contributed by atoms with van der Waals surface area (Å²) in [7, 11) is 0. The second-order valence-corrected chi connectivity index (χ2v) is 34.8. The maximum Gasteiger partial charge on any atom is 0.238 e. The molecule has 13 nitrogen and oxygen atoms in total. The fourth-order valence-corrected chi connectivity index (χ4v) is 21.3. The first-order chi connectivity index (χ1) is 65.5. The number of aromatic nitrogens is 13. The molecular weight excluding hydrogens is 1650 g/mol. The highest BCUT2D eigenvalue weighted by molar-refractivity contribution is 7.27. The molecule has 0 unspecified atom stereocenters. The van der Waals surface area contributed by atoms with Gasteiger partial charge in [0, 0.05) is 136 Å². The van der Waals surface area contributed by atoms with Gasteiger partial charge >= 0.3 is 0 Å². The summed E-state index contributed by atoms with van der Waals surface area (Å²) in [5.41, 5.74) is 20.3. The van der Waals surface area contributed by atoms with Crippen molar-refractivity contribution in [3.63, 3.8) is 0 Å². The predicted octanol–water partition coefficient (Wildman–Crippen LogP) is 30.1. The summed E-state index contributed by atoms with van der Waals surface area (Å²) in [5.74, 6) is 5.85. The van der Waals surface area contributed by atoms with Crippen LogP contribution in [0.4, 0.5) is 0 Å². The van der Waals surface area contributed by atoms with Crippen LogP contribution in [0, 0.1) is 0 Å². The van der Waals surface area contributed by atoms with Gasteiger partial charge in [-0.3, -0.25) is 4.57 Å². The number of rotatable bonds is 12. The lowest BCUT2D eigenvalue weighted by molar-refractivity contribution is 0.955. The molecule has 15 heteroatoms. The van der Waals surface area contributed by atoms with E-state index in [4.69, 9.17) is 44.9 Å². The number of hydrogen-bond donors (Lipinski definition) is 0. The fraction of sp³-hybridized carbons (Fsp3) is 0. The lowest BCUT2D eigenvalue weighted by Crippen LogP contribution is -2.06. The third kappa shape index (κ3) is 13.4. The van der Waals surface area contributed by atoms with E-state index < -0.39 is 0 Å². The van der Waals surface area contributed by atoms with Gasteiger partial charge in [-0.05, 0) is 103 Å². The van der Waals surface area contributed by atoms with E-state index >= 15 is 0 Å². The highest BCUT2D eigenvalue weighted by atomic mass is 32.1. The Balaban J connectivity index is 0.000000107. The van der Waals surface area contributed by atoms with Crippen LogP contribution in [-0.4, -0.2) is 63.1 Å². The molecule has 0 bridgehead atoms. The number of benzene rings is 18. The first-order valence-electron chi connectivity index (χ1n) is 44.0. The van der Waals surface area contributed by atoms with Gasteiger partial charge in [0.2, 0.25) is 5.95 Å². The Morgan fingerprint density at radius 1 is 0.152 bits per heavy atom. The van der Waals surface area contributed by atoms with Crippen LogP contribution in [0.25, 0.3) is 242 Å². The summed E-state index contributed by atoms with van der Waals surface area (Å²) in [5, 5.41) is 15.0. The summed E-state index contributed by atoms with van der Waals surface area (Å²) in [6, 6.07) is 154. The van der Waals surface area contributed by atoms with Crippen LogP contribution in [0.1, 0.15) is 0 Å². The van der Waals surface area contributed by atoms with Crippen molar-refractivity contribution in [1.29, 1.82) is 0 Å². The minimum Gasteiger partial charge on any atom is -0.309 e. The van der Waals surface area contributed by atoms with Crippen molar-refractivity contribution in [3.05, 3.63) is 443 Å². The zero-order chi connectivity index (χ0) is 87.1. The Hall–Kier alpha value is -17.4. The van der Waals surface area contributed by atoms with Gasteiger partial charge in [0.15, 0.2) is 46.6 Å². The van der Waals surface area contributed by atoms with Crippen LogP contribution < -0.4 is 0 Å². The highest BCUT2D eigenvalue weighted by Gasteiger charge is 2.26. The van der Waals surface area contributed by atoms with Gasteiger partial charge in [0.1, 0.15) is 0 Å². The normalized spacial score (nSPS) is 11.6. The summed E-state index contributed by atoms with van der Waals surface area (Å²) in [6.45, 7) is 0. The molecule has 9 heterocycles. The molecule has 0 atom stereocenters. The van der Waals surface area contributed by atoms with Gasteiger partial charge in [0.05, 0.1) is 53.5 Å². The Labute approximate surface area is 764 Å². The van der Waals surface area contributed by atoms with Crippen molar-refractivity contribution in [2.24, 2.45) is 0 Å². The first-order valence-corrected chi connectivity index (χ1v) is 45.6. The van der Waals surface area contributed by atoms with E-state index in [0.717, 1.165) is 83.6 Å². The van der Waals surface area contributed by atoms with Crippen molar-refractivity contribution >= 4 is 150 Å².